The molecule has 0 radical (unpaired) electrons. The van der Waals surface area contributed by atoms with Crippen LogP contribution in [0.5, 0.6) is 0 Å². The zero-order chi connectivity index (χ0) is 12.5. The summed E-state index contributed by atoms with van der Waals surface area (Å²) in [5, 5.41) is 13.3. The Morgan fingerprint density at radius 3 is 2.61 bits per heavy atom. The molecule has 0 saturated heterocycles. The second kappa shape index (κ2) is 4.29. The molecule has 1 heterocycles. The molecule has 1 aromatic carbocycles. The fourth-order valence-corrected chi connectivity index (χ4v) is 2.39. The fourth-order valence-electron chi connectivity index (χ4n) is 2.39. The number of carbonyl (C=O) groups is 1. The maximum absolute atomic E-state index is 11.0. The highest BCUT2D eigenvalue weighted by molar-refractivity contribution is 5.71. The number of nitrogens with zero attached hydrogens (tertiary/aromatic N) is 2. The van der Waals surface area contributed by atoms with E-state index in [1.165, 1.54) is 0 Å². The summed E-state index contributed by atoms with van der Waals surface area (Å²) in [7, 11) is 0. The summed E-state index contributed by atoms with van der Waals surface area (Å²) in [5.74, 6) is -1.00. The van der Waals surface area contributed by atoms with Crippen LogP contribution in [0.3, 0.4) is 0 Å². The predicted octanol–water partition coefficient (Wildman–Crippen LogP) is 2.59. The largest absolute Gasteiger partial charge is 0.481 e. The lowest BCUT2D eigenvalue weighted by molar-refractivity contribution is -0.147. The SMILES string of the molecule is O=C(O)[C@H]1CC[C@H]1n1cc(-c2ccccc2)cn1. The first-order valence-electron chi connectivity index (χ1n) is 6.08. The quantitative estimate of drug-likeness (QED) is 0.900. The van der Waals surface area contributed by atoms with E-state index >= 15 is 0 Å². The Morgan fingerprint density at radius 2 is 2.00 bits per heavy atom. The van der Waals surface area contributed by atoms with Crippen molar-refractivity contribution in [3.8, 4) is 11.1 Å². The maximum Gasteiger partial charge on any atom is 0.308 e. The van der Waals surface area contributed by atoms with E-state index in [0.29, 0.717) is 0 Å². The Hall–Kier alpha value is -2.10. The average Bonchev–Trinajstić information content (AvgIpc) is 2.77. The first kappa shape index (κ1) is 11.0. The molecule has 0 aliphatic heterocycles. The molecule has 1 fully saturated rings. The number of rotatable bonds is 3. The number of benzene rings is 1. The number of carboxylic acids is 1. The molecule has 0 spiro atoms. The molecule has 1 saturated carbocycles. The average molecular weight is 242 g/mol. The third-order valence-electron chi connectivity index (χ3n) is 3.60. The van der Waals surface area contributed by atoms with E-state index in [-0.39, 0.29) is 12.0 Å². The van der Waals surface area contributed by atoms with E-state index in [1.54, 1.807) is 10.9 Å². The summed E-state index contributed by atoms with van der Waals surface area (Å²) in [4.78, 5) is 11.0. The van der Waals surface area contributed by atoms with E-state index in [0.717, 1.165) is 24.0 Å². The standard InChI is InChI=1S/C14H14N2O2/c17-14(18)12-6-7-13(12)16-9-11(8-15-16)10-4-2-1-3-5-10/h1-5,8-9,12-13H,6-7H2,(H,17,18)/t12-,13+/m0/s1. The van der Waals surface area contributed by atoms with Crippen molar-refractivity contribution < 1.29 is 9.90 Å². The van der Waals surface area contributed by atoms with Crippen molar-refractivity contribution in [1.29, 1.82) is 0 Å². The summed E-state index contributed by atoms with van der Waals surface area (Å²) in [6.07, 6.45) is 5.38. The minimum atomic E-state index is -0.719. The lowest BCUT2D eigenvalue weighted by Gasteiger charge is -2.33. The second-order valence-corrected chi connectivity index (χ2v) is 4.66. The van der Waals surface area contributed by atoms with Crippen molar-refractivity contribution >= 4 is 5.97 Å². The minimum Gasteiger partial charge on any atom is -0.481 e. The minimum absolute atomic E-state index is 0.0139. The van der Waals surface area contributed by atoms with Gasteiger partial charge in [0.05, 0.1) is 18.2 Å². The van der Waals surface area contributed by atoms with Crippen LogP contribution in [0.15, 0.2) is 42.7 Å². The molecule has 18 heavy (non-hydrogen) atoms. The van der Waals surface area contributed by atoms with Gasteiger partial charge in [-0.3, -0.25) is 9.48 Å². The Morgan fingerprint density at radius 1 is 1.22 bits per heavy atom. The van der Waals surface area contributed by atoms with Crippen LogP contribution in [0.2, 0.25) is 0 Å². The smallest absolute Gasteiger partial charge is 0.308 e. The Labute approximate surface area is 105 Å². The van der Waals surface area contributed by atoms with Crippen LogP contribution in [0.4, 0.5) is 0 Å². The number of hydrogen-bond donors (Lipinski definition) is 1. The summed E-state index contributed by atoms with van der Waals surface area (Å²) >= 11 is 0. The zero-order valence-electron chi connectivity index (χ0n) is 9.86. The van der Waals surface area contributed by atoms with E-state index in [1.807, 2.05) is 36.5 Å². The molecular weight excluding hydrogens is 228 g/mol. The molecule has 1 aliphatic carbocycles. The molecular formula is C14H14N2O2. The van der Waals surface area contributed by atoms with Crippen molar-refractivity contribution in [3.63, 3.8) is 0 Å². The lowest BCUT2D eigenvalue weighted by atomic mass is 9.80. The van der Waals surface area contributed by atoms with Gasteiger partial charge in [0, 0.05) is 11.8 Å². The van der Waals surface area contributed by atoms with Crippen LogP contribution < -0.4 is 0 Å². The molecule has 2 aromatic rings. The number of carboxylic acid groups (broad SMARTS) is 1. The highest BCUT2D eigenvalue weighted by Crippen LogP contribution is 2.38. The maximum atomic E-state index is 11.0. The zero-order valence-corrected chi connectivity index (χ0v) is 9.86. The van der Waals surface area contributed by atoms with Gasteiger partial charge in [0.25, 0.3) is 0 Å². The second-order valence-electron chi connectivity index (χ2n) is 4.66. The summed E-state index contributed by atoms with van der Waals surface area (Å²) in [6.45, 7) is 0. The van der Waals surface area contributed by atoms with Gasteiger partial charge >= 0.3 is 5.97 Å². The molecule has 1 aromatic heterocycles. The Kier molecular flexibility index (Phi) is 2.63. The monoisotopic (exact) mass is 242 g/mol. The van der Waals surface area contributed by atoms with Gasteiger partial charge < -0.3 is 5.11 Å². The van der Waals surface area contributed by atoms with Crippen LogP contribution in [0.1, 0.15) is 18.9 Å². The predicted molar refractivity (Wildman–Crippen MR) is 67.1 cm³/mol. The molecule has 4 heteroatoms. The molecule has 1 aliphatic rings. The molecule has 0 amide bonds. The van der Waals surface area contributed by atoms with Crippen molar-refractivity contribution in [2.45, 2.75) is 18.9 Å². The summed E-state index contributed by atoms with van der Waals surface area (Å²) in [5.41, 5.74) is 2.14. The fraction of sp³-hybridized carbons (Fsp3) is 0.286. The molecule has 0 unspecified atom stereocenters. The van der Waals surface area contributed by atoms with Gasteiger partial charge in [-0.25, -0.2) is 0 Å². The van der Waals surface area contributed by atoms with Gasteiger partial charge in [-0.15, -0.1) is 0 Å². The van der Waals surface area contributed by atoms with Crippen molar-refractivity contribution in [2.75, 3.05) is 0 Å². The van der Waals surface area contributed by atoms with Crippen LogP contribution in [0, 0.1) is 5.92 Å². The highest BCUT2D eigenvalue weighted by atomic mass is 16.4. The number of aliphatic carboxylic acids is 1. The van der Waals surface area contributed by atoms with Gasteiger partial charge in [-0.2, -0.15) is 5.10 Å². The Balaban J connectivity index is 1.84. The Bertz CT molecular complexity index is 562. The molecule has 4 nitrogen and oxygen atoms in total. The van der Waals surface area contributed by atoms with Gasteiger partial charge in [0.15, 0.2) is 0 Å². The third kappa shape index (κ3) is 1.79. The molecule has 2 atom stereocenters. The van der Waals surface area contributed by atoms with Gasteiger partial charge in [0.1, 0.15) is 0 Å². The first-order valence-corrected chi connectivity index (χ1v) is 6.08. The number of aromatic nitrogens is 2. The third-order valence-corrected chi connectivity index (χ3v) is 3.60. The summed E-state index contributed by atoms with van der Waals surface area (Å²) < 4.78 is 1.80. The van der Waals surface area contributed by atoms with Crippen LogP contribution in [0.25, 0.3) is 11.1 Å². The van der Waals surface area contributed by atoms with Crippen molar-refractivity contribution in [3.05, 3.63) is 42.7 Å². The van der Waals surface area contributed by atoms with Gasteiger partial charge in [-0.05, 0) is 18.4 Å². The highest BCUT2D eigenvalue weighted by Gasteiger charge is 2.38. The first-order chi connectivity index (χ1) is 8.75. The molecule has 92 valence electrons. The van der Waals surface area contributed by atoms with E-state index in [4.69, 9.17) is 5.11 Å². The van der Waals surface area contributed by atoms with Gasteiger partial charge in [0.2, 0.25) is 0 Å². The molecule has 3 rings (SSSR count). The van der Waals surface area contributed by atoms with E-state index < -0.39 is 5.97 Å². The van der Waals surface area contributed by atoms with E-state index in [9.17, 15) is 4.79 Å². The van der Waals surface area contributed by atoms with E-state index in [2.05, 4.69) is 5.10 Å². The van der Waals surface area contributed by atoms with Crippen molar-refractivity contribution in [2.24, 2.45) is 5.92 Å². The lowest BCUT2D eigenvalue weighted by Crippen LogP contribution is -2.35. The van der Waals surface area contributed by atoms with Crippen LogP contribution >= 0.6 is 0 Å². The van der Waals surface area contributed by atoms with Crippen LogP contribution in [-0.2, 0) is 4.79 Å². The molecule has 1 N–H and O–H groups in total. The van der Waals surface area contributed by atoms with Gasteiger partial charge in [-0.1, -0.05) is 30.3 Å². The normalized spacial score (nSPS) is 22.4. The topological polar surface area (TPSA) is 55.1 Å². The number of hydrogen-bond acceptors (Lipinski definition) is 2. The summed E-state index contributed by atoms with van der Waals surface area (Å²) in [6, 6.07) is 10.0. The van der Waals surface area contributed by atoms with Crippen molar-refractivity contribution in [1.82, 2.24) is 9.78 Å². The molecule has 0 bridgehead atoms. The van der Waals surface area contributed by atoms with Crippen LogP contribution in [-0.4, -0.2) is 20.9 Å².